The van der Waals surface area contributed by atoms with Gasteiger partial charge in [0.05, 0.1) is 6.42 Å². The van der Waals surface area contributed by atoms with E-state index in [1.807, 2.05) is 35.5 Å². The summed E-state index contributed by atoms with van der Waals surface area (Å²) in [7, 11) is 4.15. The van der Waals surface area contributed by atoms with Crippen LogP contribution in [-0.2, 0) is 17.8 Å². The number of likely N-dealkylation sites (tertiary alicyclic amines) is 1. The molecule has 4 rings (SSSR count). The zero-order chi connectivity index (χ0) is 19.5. The molecule has 1 fully saturated rings. The Hall–Kier alpha value is -2.54. The zero-order valence-corrected chi connectivity index (χ0v) is 16.6. The largest absolute Gasteiger partial charge is 0.454 e. The summed E-state index contributed by atoms with van der Waals surface area (Å²) in [6.07, 6.45) is 6.40. The lowest BCUT2D eigenvalue weighted by Crippen LogP contribution is -2.40. The highest BCUT2D eigenvalue weighted by atomic mass is 16.7. The van der Waals surface area contributed by atoms with Crippen molar-refractivity contribution in [1.29, 1.82) is 0 Å². The molecule has 0 bridgehead atoms. The van der Waals surface area contributed by atoms with Crippen molar-refractivity contribution in [2.75, 3.05) is 40.5 Å². The Morgan fingerprint density at radius 1 is 1.29 bits per heavy atom. The van der Waals surface area contributed by atoms with E-state index in [0.29, 0.717) is 12.3 Å². The fraction of sp³-hybridized carbons (Fsp3) is 0.524. The average molecular weight is 384 g/mol. The molecule has 150 valence electrons. The highest BCUT2D eigenvalue weighted by molar-refractivity contribution is 5.79. The minimum atomic E-state index is 0.162. The Morgan fingerprint density at radius 3 is 3.00 bits per heavy atom. The topological polar surface area (TPSA) is 59.8 Å². The van der Waals surface area contributed by atoms with Crippen LogP contribution in [0.2, 0.25) is 0 Å². The van der Waals surface area contributed by atoms with Crippen molar-refractivity contribution in [3.8, 4) is 11.5 Å². The predicted molar refractivity (Wildman–Crippen MR) is 106 cm³/mol. The van der Waals surface area contributed by atoms with E-state index in [-0.39, 0.29) is 12.7 Å². The highest BCUT2D eigenvalue weighted by Gasteiger charge is 2.27. The Labute approximate surface area is 165 Å². The molecule has 7 nitrogen and oxygen atoms in total. The molecular formula is C21H28N4O3. The number of ether oxygens (including phenoxy) is 2. The molecule has 1 amide bonds. The lowest BCUT2D eigenvalue weighted by atomic mass is 9.96. The number of carbonyl (C=O) groups excluding carboxylic acids is 1. The van der Waals surface area contributed by atoms with Gasteiger partial charge < -0.3 is 23.8 Å². The first-order valence-corrected chi connectivity index (χ1v) is 9.92. The second kappa shape index (κ2) is 8.22. The number of fused-ring (bicyclic) bond motifs is 1. The van der Waals surface area contributed by atoms with E-state index in [0.717, 1.165) is 61.9 Å². The van der Waals surface area contributed by atoms with Gasteiger partial charge in [0.15, 0.2) is 11.5 Å². The van der Waals surface area contributed by atoms with Crippen LogP contribution >= 0.6 is 0 Å². The number of piperidine rings is 1. The van der Waals surface area contributed by atoms with E-state index in [1.54, 1.807) is 0 Å². The zero-order valence-electron chi connectivity index (χ0n) is 16.6. The van der Waals surface area contributed by atoms with Crippen molar-refractivity contribution in [2.45, 2.75) is 31.7 Å². The summed E-state index contributed by atoms with van der Waals surface area (Å²) in [5, 5.41) is 0. The van der Waals surface area contributed by atoms with Gasteiger partial charge in [-0.2, -0.15) is 0 Å². The van der Waals surface area contributed by atoms with Crippen molar-refractivity contribution in [2.24, 2.45) is 0 Å². The maximum atomic E-state index is 12.9. The number of imidazole rings is 1. The molecule has 1 aromatic carbocycles. The molecule has 1 aromatic heterocycles. The number of likely N-dealkylation sites (N-methyl/N-ethyl adjacent to an activating group) is 1. The molecule has 28 heavy (non-hydrogen) atoms. The van der Waals surface area contributed by atoms with E-state index < -0.39 is 0 Å². The van der Waals surface area contributed by atoms with Gasteiger partial charge in [0.1, 0.15) is 5.82 Å². The van der Waals surface area contributed by atoms with Crippen molar-refractivity contribution in [3.63, 3.8) is 0 Å². The van der Waals surface area contributed by atoms with Crippen LogP contribution < -0.4 is 9.47 Å². The van der Waals surface area contributed by atoms with Gasteiger partial charge in [-0.05, 0) is 44.6 Å². The molecule has 1 unspecified atom stereocenters. The maximum absolute atomic E-state index is 12.9. The van der Waals surface area contributed by atoms with Gasteiger partial charge in [0.2, 0.25) is 12.7 Å². The van der Waals surface area contributed by atoms with E-state index in [9.17, 15) is 4.79 Å². The third-order valence-corrected chi connectivity index (χ3v) is 5.47. The fourth-order valence-electron chi connectivity index (χ4n) is 3.93. The van der Waals surface area contributed by atoms with Crippen LogP contribution in [0.1, 0.15) is 30.1 Å². The maximum Gasteiger partial charge on any atom is 0.231 e. The van der Waals surface area contributed by atoms with Gasteiger partial charge >= 0.3 is 0 Å². The molecule has 3 heterocycles. The lowest BCUT2D eigenvalue weighted by Gasteiger charge is -2.33. The Bertz CT molecular complexity index is 833. The van der Waals surface area contributed by atoms with Crippen molar-refractivity contribution >= 4 is 5.91 Å². The smallest absolute Gasteiger partial charge is 0.231 e. The quantitative estimate of drug-likeness (QED) is 0.764. The summed E-state index contributed by atoms with van der Waals surface area (Å²) in [5.41, 5.74) is 0.962. The van der Waals surface area contributed by atoms with E-state index in [2.05, 4.69) is 28.5 Å². The minimum Gasteiger partial charge on any atom is -0.454 e. The number of carbonyl (C=O) groups is 1. The molecule has 1 saturated heterocycles. The molecule has 7 heteroatoms. The summed E-state index contributed by atoms with van der Waals surface area (Å²) in [6.45, 7) is 3.70. The summed E-state index contributed by atoms with van der Waals surface area (Å²) in [6, 6.07) is 5.74. The number of hydrogen-bond acceptors (Lipinski definition) is 5. The number of benzene rings is 1. The summed E-state index contributed by atoms with van der Waals surface area (Å²) < 4.78 is 13.0. The minimum absolute atomic E-state index is 0.162. The van der Waals surface area contributed by atoms with Gasteiger partial charge in [0.25, 0.3) is 0 Å². The predicted octanol–water partition coefficient (Wildman–Crippen LogP) is 2.12. The summed E-state index contributed by atoms with van der Waals surface area (Å²) in [4.78, 5) is 21.7. The van der Waals surface area contributed by atoms with Crippen LogP contribution in [-0.4, -0.2) is 65.8 Å². The van der Waals surface area contributed by atoms with E-state index in [1.165, 1.54) is 0 Å². The van der Waals surface area contributed by atoms with Gasteiger partial charge in [-0.3, -0.25) is 4.79 Å². The molecule has 0 spiro atoms. The number of aromatic nitrogens is 2. The first-order valence-electron chi connectivity index (χ1n) is 9.92. The van der Waals surface area contributed by atoms with Crippen LogP contribution in [0.4, 0.5) is 0 Å². The number of nitrogens with zero attached hydrogens (tertiary/aromatic N) is 4. The molecule has 0 saturated carbocycles. The van der Waals surface area contributed by atoms with Crippen LogP contribution in [0.25, 0.3) is 0 Å². The number of hydrogen-bond donors (Lipinski definition) is 0. The highest BCUT2D eigenvalue weighted by Crippen LogP contribution is 2.33. The first-order chi connectivity index (χ1) is 13.6. The third-order valence-electron chi connectivity index (χ3n) is 5.47. The Morgan fingerprint density at radius 2 is 2.14 bits per heavy atom. The molecule has 2 aromatic rings. The second-order valence-corrected chi connectivity index (χ2v) is 7.83. The van der Waals surface area contributed by atoms with Crippen LogP contribution in [0.15, 0.2) is 30.6 Å². The molecule has 0 radical (unpaired) electrons. The van der Waals surface area contributed by atoms with Crippen molar-refractivity contribution in [1.82, 2.24) is 19.4 Å². The normalized spacial score (nSPS) is 18.7. The molecular weight excluding hydrogens is 356 g/mol. The van der Waals surface area contributed by atoms with Gasteiger partial charge in [0, 0.05) is 44.5 Å². The standard InChI is InChI=1S/C21H28N4O3/c1-23(2)10-11-24-9-7-22-21(24)17-4-3-8-25(14-17)20(26)13-16-5-6-18-19(12-16)28-15-27-18/h5-7,9,12,17H,3-4,8,10-11,13-15H2,1-2H3. The summed E-state index contributed by atoms with van der Waals surface area (Å²) in [5.74, 6) is 3.03. The van der Waals surface area contributed by atoms with Crippen LogP contribution in [0, 0.1) is 0 Å². The number of amides is 1. The average Bonchev–Trinajstić information content (AvgIpc) is 3.35. The summed E-state index contributed by atoms with van der Waals surface area (Å²) >= 11 is 0. The van der Waals surface area contributed by atoms with Gasteiger partial charge in [-0.15, -0.1) is 0 Å². The second-order valence-electron chi connectivity index (χ2n) is 7.83. The molecule has 1 atom stereocenters. The van der Waals surface area contributed by atoms with E-state index >= 15 is 0 Å². The third kappa shape index (κ3) is 4.14. The monoisotopic (exact) mass is 384 g/mol. The molecule has 0 aliphatic carbocycles. The van der Waals surface area contributed by atoms with Crippen molar-refractivity contribution in [3.05, 3.63) is 42.0 Å². The van der Waals surface area contributed by atoms with E-state index in [4.69, 9.17) is 9.47 Å². The van der Waals surface area contributed by atoms with Crippen LogP contribution in [0.3, 0.4) is 0 Å². The fourth-order valence-corrected chi connectivity index (χ4v) is 3.93. The Kier molecular flexibility index (Phi) is 5.52. The number of rotatable bonds is 6. The van der Waals surface area contributed by atoms with Crippen LogP contribution in [0.5, 0.6) is 11.5 Å². The first kappa shape index (κ1) is 18.8. The van der Waals surface area contributed by atoms with Gasteiger partial charge in [-0.1, -0.05) is 6.07 Å². The molecule has 2 aliphatic heterocycles. The van der Waals surface area contributed by atoms with Crippen molar-refractivity contribution < 1.29 is 14.3 Å². The molecule has 0 N–H and O–H groups in total. The Balaban J connectivity index is 1.40. The SMILES string of the molecule is CN(C)CCn1ccnc1C1CCCN(C(=O)Cc2ccc3c(c2)OCO3)C1. The molecule has 2 aliphatic rings. The lowest BCUT2D eigenvalue weighted by molar-refractivity contribution is -0.131. The van der Waals surface area contributed by atoms with Gasteiger partial charge in [-0.25, -0.2) is 4.98 Å².